The maximum absolute atomic E-state index is 5.47. The summed E-state index contributed by atoms with van der Waals surface area (Å²) in [7, 11) is 0. The molecule has 5 heteroatoms. The normalized spacial score (nSPS) is 16.3. The summed E-state index contributed by atoms with van der Waals surface area (Å²) < 4.78 is 5.47. The third kappa shape index (κ3) is 2.75. The van der Waals surface area contributed by atoms with Crippen LogP contribution in [-0.4, -0.2) is 22.4 Å². The van der Waals surface area contributed by atoms with Crippen molar-refractivity contribution < 1.29 is 4.42 Å². The van der Waals surface area contributed by atoms with Gasteiger partial charge in [0.1, 0.15) is 5.76 Å². The Kier molecular flexibility index (Phi) is 3.30. The van der Waals surface area contributed by atoms with Gasteiger partial charge in [-0.15, -0.1) is 0 Å². The monoisotopic (exact) mass is 225 g/mol. The van der Waals surface area contributed by atoms with Crippen molar-refractivity contribution in [1.29, 1.82) is 0 Å². The lowest BCUT2D eigenvalue weighted by molar-refractivity contribution is 0.465. The predicted octanol–water partition coefficient (Wildman–Crippen LogP) is 1.87. The number of hydrogen-bond donors (Lipinski definition) is 1. The number of oxazole rings is 1. The molecule has 2 rings (SSSR count). The number of rotatable bonds is 2. The van der Waals surface area contributed by atoms with Gasteiger partial charge in [-0.3, -0.25) is 4.99 Å². The second kappa shape index (κ2) is 4.70. The van der Waals surface area contributed by atoms with Crippen LogP contribution in [0.5, 0.6) is 0 Å². The second-order valence-corrected chi connectivity index (χ2v) is 4.58. The maximum atomic E-state index is 5.47. The van der Waals surface area contributed by atoms with Gasteiger partial charge in [0.2, 0.25) is 5.89 Å². The molecule has 0 bridgehead atoms. The van der Waals surface area contributed by atoms with E-state index in [0.29, 0.717) is 6.54 Å². The van der Waals surface area contributed by atoms with Crippen molar-refractivity contribution in [1.82, 2.24) is 10.3 Å². The molecule has 0 amide bonds. The van der Waals surface area contributed by atoms with Gasteiger partial charge in [-0.1, -0.05) is 11.8 Å². The molecule has 0 aliphatic carbocycles. The Morgan fingerprint density at radius 1 is 1.47 bits per heavy atom. The van der Waals surface area contributed by atoms with Crippen molar-refractivity contribution in [3.05, 3.63) is 17.3 Å². The molecule has 0 radical (unpaired) electrons. The lowest BCUT2D eigenvalue weighted by atomic mass is 10.4. The molecule has 0 unspecified atom stereocenters. The third-order valence-corrected chi connectivity index (χ3v) is 3.30. The highest BCUT2D eigenvalue weighted by Gasteiger charge is 2.08. The Morgan fingerprint density at radius 3 is 2.93 bits per heavy atom. The molecule has 15 heavy (non-hydrogen) atoms. The van der Waals surface area contributed by atoms with Gasteiger partial charge in [-0.25, -0.2) is 4.98 Å². The van der Waals surface area contributed by atoms with Gasteiger partial charge in [0, 0.05) is 12.3 Å². The topological polar surface area (TPSA) is 50.4 Å². The number of amidine groups is 1. The summed E-state index contributed by atoms with van der Waals surface area (Å²) in [6.45, 7) is 5.44. The van der Waals surface area contributed by atoms with Gasteiger partial charge >= 0.3 is 0 Å². The van der Waals surface area contributed by atoms with Crippen molar-refractivity contribution in [2.75, 3.05) is 12.3 Å². The minimum Gasteiger partial charge on any atom is -0.444 e. The van der Waals surface area contributed by atoms with Crippen LogP contribution in [0, 0.1) is 13.8 Å². The maximum Gasteiger partial charge on any atom is 0.213 e. The zero-order chi connectivity index (χ0) is 10.7. The Hall–Kier alpha value is -0.970. The van der Waals surface area contributed by atoms with Crippen LogP contribution in [0.25, 0.3) is 0 Å². The highest BCUT2D eigenvalue weighted by Crippen LogP contribution is 2.12. The first-order valence-corrected chi connectivity index (χ1v) is 6.08. The number of thioether (sulfide) groups is 1. The number of nitrogens with one attached hydrogen (secondary N) is 1. The van der Waals surface area contributed by atoms with Crippen LogP contribution in [0.1, 0.15) is 23.8 Å². The minimum atomic E-state index is 0.626. The standard InChI is InChI=1S/C10H15N3OS/c1-7-8(2)14-9(13-7)6-12-10-11-4-3-5-15-10/h3-6H2,1-2H3,(H,11,12). The minimum absolute atomic E-state index is 0.626. The molecule has 1 aromatic rings. The summed E-state index contributed by atoms with van der Waals surface area (Å²) in [4.78, 5) is 8.67. The summed E-state index contributed by atoms with van der Waals surface area (Å²) in [5.74, 6) is 2.78. The van der Waals surface area contributed by atoms with Crippen LogP contribution in [-0.2, 0) is 6.54 Å². The average molecular weight is 225 g/mol. The molecule has 0 saturated heterocycles. The van der Waals surface area contributed by atoms with Gasteiger partial charge in [-0.2, -0.15) is 0 Å². The number of hydrogen-bond acceptors (Lipinski definition) is 5. The second-order valence-electron chi connectivity index (χ2n) is 3.49. The molecule has 0 fully saturated rings. The molecule has 0 spiro atoms. The summed E-state index contributed by atoms with van der Waals surface area (Å²) >= 11 is 1.76. The van der Waals surface area contributed by atoms with Crippen LogP contribution < -0.4 is 5.32 Å². The van der Waals surface area contributed by atoms with E-state index in [-0.39, 0.29) is 0 Å². The van der Waals surface area contributed by atoms with E-state index in [4.69, 9.17) is 4.42 Å². The Labute approximate surface area is 93.6 Å². The lowest BCUT2D eigenvalue weighted by Crippen LogP contribution is -2.23. The van der Waals surface area contributed by atoms with E-state index in [0.717, 1.165) is 34.8 Å². The van der Waals surface area contributed by atoms with E-state index in [1.165, 1.54) is 6.42 Å². The van der Waals surface area contributed by atoms with Crippen molar-refractivity contribution in [2.24, 2.45) is 4.99 Å². The molecule has 4 nitrogen and oxygen atoms in total. The summed E-state index contributed by atoms with van der Waals surface area (Å²) in [6, 6.07) is 0. The average Bonchev–Trinajstić information content (AvgIpc) is 2.57. The van der Waals surface area contributed by atoms with Gasteiger partial charge < -0.3 is 9.73 Å². The summed E-state index contributed by atoms with van der Waals surface area (Å²) in [6.07, 6.45) is 1.17. The van der Waals surface area contributed by atoms with Crippen LogP contribution >= 0.6 is 11.8 Å². The van der Waals surface area contributed by atoms with E-state index in [9.17, 15) is 0 Å². The number of nitrogens with zero attached hydrogens (tertiary/aromatic N) is 2. The fourth-order valence-corrected chi connectivity index (χ4v) is 2.16. The van der Waals surface area contributed by atoms with E-state index < -0.39 is 0 Å². The van der Waals surface area contributed by atoms with Crippen molar-refractivity contribution in [2.45, 2.75) is 26.8 Å². The third-order valence-electron chi connectivity index (χ3n) is 2.26. The van der Waals surface area contributed by atoms with Crippen LogP contribution in [0.4, 0.5) is 0 Å². The van der Waals surface area contributed by atoms with E-state index in [1.807, 2.05) is 13.8 Å². The first-order valence-electron chi connectivity index (χ1n) is 5.10. The smallest absolute Gasteiger partial charge is 0.213 e. The molecule has 1 aliphatic heterocycles. The number of aliphatic imine (C=N–C) groups is 1. The number of aromatic nitrogens is 1. The van der Waals surface area contributed by atoms with E-state index >= 15 is 0 Å². The Balaban J connectivity index is 1.89. The highest BCUT2D eigenvalue weighted by molar-refractivity contribution is 8.13. The van der Waals surface area contributed by atoms with E-state index in [2.05, 4.69) is 15.3 Å². The first kappa shape index (κ1) is 10.5. The predicted molar refractivity (Wildman–Crippen MR) is 62.2 cm³/mol. The van der Waals surface area contributed by atoms with Gasteiger partial charge in [-0.05, 0) is 20.3 Å². The molecule has 2 heterocycles. The molecule has 82 valence electrons. The fraction of sp³-hybridized carbons (Fsp3) is 0.600. The molecular formula is C10H15N3OS. The number of aryl methyl sites for hydroxylation is 2. The molecule has 0 saturated carbocycles. The van der Waals surface area contributed by atoms with Crippen LogP contribution in [0.15, 0.2) is 9.41 Å². The van der Waals surface area contributed by atoms with Gasteiger partial charge in [0.25, 0.3) is 0 Å². The van der Waals surface area contributed by atoms with Gasteiger partial charge in [0.15, 0.2) is 5.17 Å². The van der Waals surface area contributed by atoms with Crippen molar-refractivity contribution in [3.63, 3.8) is 0 Å². The van der Waals surface area contributed by atoms with Crippen LogP contribution in [0.2, 0.25) is 0 Å². The van der Waals surface area contributed by atoms with Gasteiger partial charge in [0.05, 0.1) is 12.2 Å². The zero-order valence-electron chi connectivity index (χ0n) is 9.04. The molecule has 1 N–H and O–H groups in total. The zero-order valence-corrected chi connectivity index (χ0v) is 9.86. The van der Waals surface area contributed by atoms with Crippen LogP contribution in [0.3, 0.4) is 0 Å². The summed E-state index contributed by atoms with van der Waals surface area (Å²) in [5.41, 5.74) is 0.963. The molecule has 0 aromatic carbocycles. The fourth-order valence-electron chi connectivity index (χ4n) is 1.33. The SMILES string of the molecule is Cc1nc(CNC2=NCCCS2)oc1C. The largest absolute Gasteiger partial charge is 0.444 e. The molecule has 1 aliphatic rings. The first-order chi connectivity index (χ1) is 7.25. The lowest BCUT2D eigenvalue weighted by Gasteiger charge is -2.11. The molecule has 0 atom stereocenters. The van der Waals surface area contributed by atoms with E-state index in [1.54, 1.807) is 11.8 Å². The highest BCUT2D eigenvalue weighted by atomic mass is 32.2. The Bertz CT molecular complexity index is 353. The van der Waals surface area contributed by atoms with Crippen molar-refractivity contribution >= 4 is 16.9 Å². The van der Waals surface area contributed by atoms with Crippen molar-refractivity contribution in [3.8, 4) is 0 Å². The quantitative estimate of drug-likeness (QED) is 0.835. The molecule has 1 aromatic heterocycles. The molecular weight excluding hydrogens is 210 g/mol. The summed E-state index contributed by atoms with van der Waals surface area (Å²) in [5, 5.41) is 4.24. The Morgan fingerprint density at radius 2 is 2.33 bits per heavy atom.